The number of aromatic nitrogens is 4. The van der Waals surface area contributed by atoms with Crippen LogP contribution in [0.4, 0.5) is 0 Å². The quantitative estimate of drug-likeness (QED) is 0.571. The topological polar surface area (TPSA) is 69.6 Å². The third-order valence-corrected chi connectivity index (χ3v) is 4.58. The molecule has 2 N–H and O–H groups in total. The van der Waals surface area contributed by atoms with E-state index in [0.29, 0.717) is 11.0 Å². The minimum atomic E-state index is 0.635. The predicted molar refractivity (Wildman–Crippen MR) is 87.1 cm³/mol. The molecule has 0 unspecified atom stereocenters. The van der Waals surface area contributed by atoms with Gasteiger partial charge in [0.2, 0.25) is 5.16 Å². The average molecular weight is 362 g/mol. The van der Waals surface area contributed by atoms with E-state index in [1.165, 1.54) is 16.4 Å². The zero-order valence-corrected chi connectivity index (χ0v) is 13.4. The lowest BCUT2D eigenvalue weighted by Crippen LogP contribution is -2.11. The number of nitrogens with two attached hydrogens (primary N) is 1. The summed E-state index contributed by atoms with van der Waals surface area (Å²) in [5.41, 5.74) is 2.04. The van der Waals surface area contributed by atoms with E-state index < -0.39 is 0 Å². The van der Waals surface area contributed by atoms with Crippen molar-refractivity contribution in [2.24, 2.45) is 0 Å². The van der Waals surface area contributed by atoms with Gasteiger partial charge in [-0.1, -0.05) is 45.9 Å². The molecule has 0 radical (unpaired) electrons. The van der Waals surface area contributed by atoms with Gasteiger partial charge in [-0.2, -0.15) is 0 Å². The largest absolute Gasteiger partial charge is 0.335 e. The van der Waals surface area contributed by atoms with Crippen molar-refractivity contribution >= 4 is 27.7 Å². The molecule has 0 atom stereocenters. The molecular weight excluding hydrogens is 350 g/mol. The van der Waals surface area contributed by atoms with Crippen LogP contribution >= 0.6 is 27.7 Å². The van der Waals surface area contributed by atoms with Gasteiger partial charge in [0.05, 0.1) is 0 Å². The van der Waals surface area contributed by atoms with Gasteiger partial charge in [0.15, 0.2) is 5.82 Å². The molecule has 0 aliphatic rings. The second-order valence-electron chi connectivity index (χ2n) is 4.31. The number of rotatable bonds is 4. The third-order valence-electron chi connectivity index (χ3n) is 2.87. The summed E-state index contributed by atoms with van der Waals surface area (Å²) in [6.45, 7) is 0. The van der Waals surface area contributed by atoms with Crippen LogP contribution in [0, 0.1) is 0 Å². The van der Waals surface area contributed by atoms with Gasteiger partial charge in [-0.25, -0.2) is 4.68 Å². The standard InChI is InChI=1S/C14H12BrN5S/c15-12-6-2-1-5-11(12)13-18-19-14(20(13)16)21-9-10-4-3-7-17-8-10/h1-8H,9,16H2. The first-order chi connectivity index (χ1) is 10.3. The Balaban J connectivity index is 1.82. The molecule has 106 valence electrons. The third kappa shape index (κ3) is 3.08. The Bertz CT molecular complexity index is 744. The summed E-state index contributed by atoms with van der Waals surface area (Å²) in [5, 5.41) is 9.01. The molecule has 0 saturated carbocycles. The Morgan fingerprint density at radius 2 is 2.00 bits per heavy atom. The van der Waals surface area contributed by atoms with Crippen LogP contribution in [0.3, 0.4) is 0 Å². The van der Waals surface area contributed by atoms with Crippen LogP contribution in [-0.4, -0.2) is 19.9 Å². The first-order valence-corrected chi connectivity index (χ1v) is 8.00. The maximum absolute atomic E-state index is 6.10. The second-order valence-corrected chi connectivity index (χ2v) is 6.10. The van der Waals surface area contributed by atoms with Crippen LogP contribution in [0.1, 0.15) is 5.56 Å². The van der Waals surface area contributed by atoms with Gasteiger partial charge in [0, 0.05) is 28.2 Å². The number of halogens is 1. The highest BCUT2D eigenvalue weighted by Crippen LogP contribution is 2.28. The number of nitrogens with zero attached hydrogens (tertiary/aromatic N) is 4. The van der Waals surface area contributed by atoms with Crippen molar-refractivity contribution in [1.82, 2.24) is 19.9 Å². The lowest BCUT2D eigenvalue weighted by atomic mass is 10.2. The van der Waals surface area contributed by atoms with Crippen molar-refractivity contribution in [2.45, 2.75) is 10.9 Å². The molecule has 2 heterocycles. The average Bonchev–Trinajstić information content (AvgIpc) is 2.88. The zero-order valence-electron chi connectivity index (χ0n) is 11.0. The number of nitrogen functional groups attached to an aromatic ring is 1. The second kappa shape index (κ2) is 6.28. The maximum Gasteiger partial charge on any atom is 0.210 e. The summed E-state index contributed by atoms with van der Waals surface area (Å²) >= 11 is 5.03. The highest BCUT2D eigenvalue weighted by Gasteiger charge is 2.14. The first kappa shape index (κ1) is 14.1. The van der Waals surface area contributed by atoms with E-state index in [0.717, 1.165) is 21.4 Å². The van der Waals surface area contributed by atoms with Gasteiger partial charge in [0.1, 0.15) is 0 Å². The number of hydrogen-bond acceptors (Lipinski definition) is 5. The Labute approximate surface area is 134 Å². The molecule has 0 aliphatic carbocycles. The molecule has 0 aliphatic heterocycles. The summed E-state index contributed by atoms with van der Waals surface area (Å²) in [4.78, 5) is 4.09. The molecule has 1 aromatic carbocycles. The van der Waals surface area contributed by atoms with Crippen molar-refractivity contribution in [1.29, 1.82) is 0 Å². The normalized spacial score (nSPS) is 10.7. The molecule has 0 fully saturated rings. The van der Waals surface area contributed by atoms with Gasteiger partial charge in [0.25, 0.3) is 0 Å². The first-order valence-electron chi connectivity index (χ1n) is 6.23. The van der Waals surface area contributed by atoms with Crippen molar-refractivity contribution in [3.8, 4) is 11.4 Å². The van der Waals surface area contributed by atoms with Gasteiger partial charge in [-0.3, -0.25) is 4.98 Å². The highest BCUT2D eigenvalue weighted by molar-refractivity contribution is 9.10. The van der Waals surface area contributed by atoms with Crippen LogP contribution in [0.5, 0.6) is 0 Å². The van der Waals surface area contributed by atoms with Crippen LogP contribution in [0.2, 0.25) is 0 Å². The van der Waals surface area contributed by atoms with Gasteiger partial charge >= 0.3 is 0 Å². The van der Waals surface area contributed by atoms with Crippen molar-refractivity contribution in [2.75, 3.05) is 5.84 Å². The summed E-state index contributed by atoms with van der Waals surface area (Å²) in [5.74, 6) is 7.49. The molecule has 0 saturated heterocycles. The fraction of sp³-hybridized carbons (Fsp3) is 0.0714. The minimum Gasteiger partial charge on any atom is -0.335 e. The molecule has 7 heteroatoms. The molecule has 0 amide bonds. The van der Waals surface area contributed by atoms with Crippen molar-refractivity contribution in [3.63, 3.8) is 0 Å². The predicted octanol–water partition coefficient (Wildman–Crippen LogP) is 3.11. The molecular formula is C14H12BrN5S. The summed E-state index contributed by atoms with van der Waals surface area (Å²) in [7, 11) is 0. The maximum atomic E-state index is 6.10. The Kier molecular flexibility index (Phi) is 4.21. The zero-order chi connectivity index (χ0) is 14.7. The lowest BCUT2D eigenvalue weighted by molar-refractivity contribution is 0.849. The highest BCUT2D eigenvalue weighted by atomic mass is 79.9. The Morgan fingerprint density at radius 1 is 1.14 bits per heavy atom. The summed E-state index contributed by atoms with van der Waals surface area (Å²) in [6.07, 6.45) is 3.59. The van der Waals surface area contributed by atoms with Crippen molar-refractivity contribution in [3.05, 3.63) is 58.8 Å². The molecule has 5 nitrogen and oxygen atoms in total. The molecule has 21 heavy (non-hydrogen) atoms. The number of hydrogen-bond donors (Lipinski definition) is 1. The molecule has 0 bridgehead atoms. The molecule has 3 rings (SSSR count). The number of benzene rings is 1. The molecule has 2 aromatic heterocycles. The van der Waals surface area contributed by atoms with E-state index in [2.05, 4.69) is 31.1 Å². The minimum absolute atomic E-state index is 0.635. The Hall–Kier alpha value is -1.86. The van der Waals surface area contributed by atoms with E-state index in [-0.39, 0.29) is 0 Å². The van der Waals surface area contributed by atoms with E-state index in [4.69, 9.17) is 5.84 Å². The van der Waals surface area contributed by atoms with E-state index in [1.807, 2.05) is 42.6 Å². The van der Waals surface area contributed by atoms with E-state index in [1.54, 1.807) is 6.20 Å². The lowest BCUT2D eigenvalue weighted by Gasteiger charge is -2.05. The van der Waals surface area contributed by atoms with Crippen LogP contribution in [0.15, 0.2) is 58.4 Å². The fourth-order valence-corrected chi connectivity index (χ4v) is 3.09. The number of pyridine rings is 1. The molecule has 0 spiro atoms. The van der Waals surface area contributed by atoms with Gasteiger partial charge < -0.3 is 5.84 Å². The van der Waals surface area contributed by atoms with E-state index >= 15 is 0 Å². The van der Waals surface area contributed by atoms with Crippen molar-refractivity contribution < 1.29 is 0 Å². The van der Waals surface area contributed by atoms with Crippen LogP contribution in [0.25, 0.3) is 11.4 Å². The van der Waals surface area contributed by atoms with Gasteiger partial charge in [-0.05, 0) is 23.8 Å². The van der Waals surface area contributed by atoms with Crippen LogP contribution in [-0.2, 0) is 5.75 Å². The SMILES string of the molecule is Nn1c(SCc2cccnc2)nnc1-c1ccccc1Br. The van der Waals surface area contributed by atoms with Gasteiger partial charge in [-0.15, -0.1) is 10.2 Å². The van der Waals surface area contributed by atoms with Crippen LogP contribution < -0.4 is 5.84 Å². The fourth-order valence-electron chi connectivity index (χ4n) is 1.83. The number of thioether (sulfide) groups is 1. The Morgan fingerprint density at radius 3 is 2.76 bits per heavy atom. The summed E-state index contributed by atoms with van der Waals surface area (Å²) in [6, 6.07) is 11.7. The smallest absolute Gasteiger partial charge is 0.210 e. The summed E-state index contributed by atoms with van der Waals surface area (Å²) < 4.78 is 2.45. The monoisotopic (exact) mass is 361 g/mol. The van der Waals surface area contributed by atoms with E-state index in [9.17, 15) is 0 Å². The molecule has 3 aromatic rings.